The van der Waals surface area contributed by atoms with Crippen molar-refractivity contribution in [3.63, 3.8) is 0 Å². The molecule has 2 heterocycles. The van der Waals surface area contributed by atoms with Crippen molar-refractivity contribution in [2.24, 2.45) is 23.5 Å². The van der Waals surface area contributed by atoms with E-state index in [-0.39, 0.29) is 68.7 Å². The van der Waals surface area contributed by atoms with Crippen molar-refractivity contribution in [1.29, 1.82) is 0 Å². The number of aromatic amines is 1. The summed E-state index contributed by atoms with van der Waals surface area (Å²) in [5.41, 5.74) is 6.51. The van der Waals surface area contributed by atoms with Gasteiger partial charge in [0, 0.05) is 31.3 Å². The largest absolute Gasteiger partial charge is 0.508 e. The Morgan fingerprint density at radius 3 is 1.83 bits per heavy atom. The molecule has 58 heavy (non-hydrogen) atoms. The fraction of sp³-hybridized carbons (Fsp3) is 0.600. The number of benzene rings is 1. The second kappa shape index (κ2) is 22.4. The number of aromatic nitrogens is 2. The van der Waals surface area contributed by atoms with Crippen molar-refractivity contribution in [1.82, 2.24) is 41.5 Å². The van der Waals surface area contributed by atoms with Gasteiger partial charge in [-0.3, -0.25) is 28.8 Å². The summed E-state index contributed by atoms with van der Waals surface area (Å²) in [7, 11) is 0. The average molecular weight is 812 g/mol. The van der Waals surface area contributed by atoms with Crippen LogP contribution in [0.1, 0.15) is 84.9 Å². The molecule has 0 spiro atoms. The Hall–Kier alpha value is -5.52. The molecule has 1 aromatic heterocycles. The zero-order chi connectivity index (χ0) is 43.1. The Morgan fingerprint density at radius 2 is 1.29 bits per heavy atom. The first-order chi connectivity index (χ1) is 27.4. The average Bonchev–Trinajstić information content (AvgIpc) is 3.86. The van der Waals surface area contributed by atoms with Crippen LogP contribution in [0.3, 0.4) is 0 Å². The monoisotopic (exact) mass is 811 g/mol. The lowest BCUT2D eigenvalue weighted by Crippen LogP contribution is -2.60. The summed E-state index contributed by atoms with van der Waals surface area (Å²) in [5, 5.41) is 33.0. The Labute approximate surface area is 339 Å². The Bertz CT molecular complexity index is 1700. The van der Waals surface area contributed by atoms with Gasteiger partial charge in [0.05, 0.1) is 12.9 Å². The van der Waals surface area contributed by atoms with E-state index in [9.17, 15) is 43.8 Å². The zero-order valence-electron chi connectivity index (χ0n) is 34.2. The number of aliphatic carboxylic acids is 1. The SMILES string of the molecule is CC(C)C[C@H](NC(=O)CN)C(=O)N[C@@H](CC(C)C)C(=O)N[C@@H](CC(C)C)C(=O)N1CCC[C@H]1C(=O)N[C@@H](Cc1cnc[nH]1)C(=O)N[C@@H](Cc1ccc(O)cc1)C(=O)O. The maximum atomic E-state index is 14.3. The smallest absolute Gasteiger partial charge is 0.326 e. The van der Waals surface area contributed by atoms with Crippen LogP contribution in [0.4, 0.5) is 0 Å². The number of hydrogen-bond donors (Lipinski definition) is 9. The van der Waals surface area contributed by atoms with Crippen molar-refractivity contribution in [3.8, 4) is 5.75 Å². The molecule has 320 valence electrons. The molecule has 1 aromatic carbocycles. The van der Waals surface area contributed by atoms with Gasteiger partial charge in [-0.1, -0.05) is 53.7 Å². The lowest BCUT2D eigenvalue weighted by atomic mass is 9.98. The van der Waals surface area contributed by atoms with Crippen molar-refractivity contribution >= 4 is 41.4 Å². The Balaban J connectivity index is 1.81. The van der Waals surface area contributed by atoms with E-state index >= 15 is 0 Å². The molecule has 1 fully saturated rings. The van der Waals surface area contributed by atoms with Crippen LogP contribution in [0, 0.1) is 17.8 Å². The van der Waals surface area contributed by atoms with E-state index in [1.54, 1.807) is 0 Å². The number of carbonyl (C=O) groups is 7. The molecular weight excluding hydrogens is 750 g/mol. The molecule has 1 saturated heterocycles. The molecule has 1 aliphatic rings. The minimum absolute atomic E-state index is 0.000470. The summed E-state index contributed by atoms with van der Waals surface area (Å²) in [6.45, 7) is 11.2. The number of phenols is 1. The van der Waals surface area contributed by atoms with E-state index in [0.29, 0.717) is 24.1 Å². The van der Waals surface area contributed by atoms with Crippen LogP contribution in [0.25, 0.3) is 0 Å². The van der Waals surface area contributed by atoms with Gasteiger partial charge >= 0.3 is 5.97 Å². The number of carboxylic acids is 1. The molecule has 2 aromatic rings. The van der Waals surface area contributed by atoms with Gasteiger partial charge < -0.3 is 52.4 Å². The van der Waals surface area contributed by atoms with Gasteiger partial charge in [-0.15, -0.1) is 0 Å². The summed E-state index contributed by atoms with van der Waals surface area (Å²) in [5.74, 6) is -4.92. The highest BCUT2D eigenvalue weighted by Gasteiger charge is 2.40. The van der Waals surface area contributed by atoms with Gasteiger partial charge in [0.15, 0.2) is 0 Å². The van der Waals surface area contributed by atoms with Gasteiger partial charge in [-0.05, 0) is 67.6 Å². The topological polar surface area (TPSA) is 278 Å². The summed E-state index contributed by atoms with van der Waals surface area (Å²) >= 11 is 0. The second-order valence-electron chi connectivity index (χ2n) is 16.1. The van der Waals surface area contributed by atoms with E-state index in [4.69, 9.17) is 5.73 Å². The van der Waals surface area contributed by atoms with Crippen molar-refractivity contribution in [2.75, 3.05) is 13.1 Å². The number of nitrogens with two attached hydrogens (primary N) is 1. The van der Waals surface area contributed by atoms with Crippen LogP contribution < -0.4 is 32.3 Å². The van der Waals surface area contributed by atoms with E-state index in [0.717, 1.165) is 0 Å². The molecule has 18 nitrogen and oxygen atoms in total. The molecular formula is C40H61N9O9. The number of hydrogen-bond acceptors (Lipinski definition) is 10. The van der Waals surface area contributed by atoms with Crippen molar-refractivity contribution in [2.45, 2.75) is 123 Å². The van der Waals surface area contributed by atoms with Gasteiger partial charge in [-0.2, -0.15) is 0 Å². The van der Waals surface area contributed by atoms with E-state index < -0.39 is 77.7 Å². The maximum Gasteiger partial charge on any atom is 0.326 e. The molecule has 0 bridgehead atoms. The first kappa shape index (κ1) is 46.9. The number of carboxylic acid groups (broad SMARTS) is 1. The van der Waals surface area contributed by atoms with E-state index in [1.807, 2.05) is 41.5 Å². The van der Waals surface area contributed by atoms with Gasteiger partial charge in [0.1, 0.15) is 42.0 Å². The molecule has 0 aliphatic carbocycles. The predicted molar refractivity (Wildman–Crippen MR) is 214 cm³/mol. The van der Waals surface area contributed by atoms with Crippen LogP contribution in [0.15, 0.2) is 36.8 Å². The van der Waals surface area contributed by atoms with Crippen LogP contribution in [-0.4, -0.2) is 116 Å². The van der Waals surface area contributed by atoms with Crippen molar-refractivity contribution in [3.05, 3.63) is 48.0 Å². The number of H-pyrrole nitrogens is 1. The molecule has 6 amide bonds. The highest BCUT2D eigenvalue weighted by Crippen LogP contribution is 2.22. The molecule has 0 radical (unpaired) electrons. The fourth-order valence-corrected chi connectivity index (χ4v) is 6.83. The lowest BCUT2D eigenvalue weighted by molar-refractivity contribution is -0.144. The fourth-order valence-electron chi connectivity index (χ4n) is 6.83. The summed E-state index contributed by atoms with van der Waals surface area (Å²) in [6, 6.07) is -0.760. The zero-order valence-corrected chi connectivity index (χ0v) is 34.2. The first-order valence-corrected chi connectivity index (χ1v) is 19.9. The molecule has 10 N–H and O–H groups in total. The van der Waals surface area contributed by atoms with Crippen molar-refractivity contribution < 1.29 is 43.8 Å². The number of nitrogens with zero attached hydrogens (tertiary/aromatic N) is 2. The highest BCUT2D eigenvalue weighted by atomic mass is 16.4. The Morgan fingerprint density at radius 1 is 0.759 bits per heavy atom. The molecule has 0 saturated carbocycles. The third-order valence-electron chi connectivity index (χ3n) is 9.65. The number of phenolic OH excluding ortho intramolecular Hbond substituents is 1. The number of amides is 6. The van der Waals surface area contributed by atoms with E-state index in [1.165, 1.54) is 41.7 Å². The first-order valence-electron chi connectivity index (χ1n) is 19.9. The quantitative estimate of drug-likeness (QED) is 0.0790. The molecule has 6 atom stereocenters. The highest BCUT2D eigenvalue weighted by molar-refractivity contribution is 5.97. The van der Waals surface area contributed by atoms with Crippen LogP contribution in [0.2, 0.25) is 0 Å². The number of rotatable bonds is 22. The standard InChI is InChI=1S/C40H61N9O9/c1-22(2)14-28(44-34(51)19-41)35(52)45-29(15-23(3)4)36(53)47-31(16-24(5)6)39(56)49-13-7-8-33(49)38(55)46-30(18-26-20-42-21-43-26)37(54)48-32(40(57)58)17-25-9-11-27(50)12-10-25/h9-12,20-24,28-33,50H,7-8,13-19,41H2,1-6H3,(H,42,43)(H,44,51)(H,45,52)(H,46,55)(H,47,53)(H,48,54)(H,57,58)/t28-,29-,30-,31-,32-,33-/m0/s1. The Kier molecular flexibility index (Phi) is 18.1. The van der Waals surface area contributed by atoms with Gasteiger partial charge in [-0.25, -0.2) is 9.78 Å². The molecule has 1 aliphatic heterocycles. The predicted octanol–water partition coefficient (Wildman–Crippen LogP) is 0.497. The molecule has 3 rings (SSSR count). The summed E-state index contributed by atoms with van der Waals surface area (Å²) in [4.78, 5) is 102. The summed E-state index contributed by atoms with van der Waals surface area (Å²) in [6.07, 6.45) is 4.23. The maximum absolute atomic E-state index is 14.3. The third-order valence-corrected chi connectivity index (χ3v) is 9.65. The number of imidazole rings is 1. The lowest BCUT2D eigenvalue weighted by Gasteiger charge is -2.32. The summed E-state index contributed by atoms with van der Waals surface area (Å²) < 4.78 is 0. The van der Waals surface area contributed by atoms with Crippen LogP contribution in [0.5, 0.6) is 5.75 Å². The number of likely N-dealkylation sites (tertiary alicyclic amines) is 1. The minimum Gasteiger partial charge on any atom is -0.508 e. The van der Waals surface area contributed by atoms with E-state index in [2.05, 4.69) is 36.6 Å². The molecule has 18 heteroatoms. The van der Waals surface area contributed by atoms with Gasteiger partial charge in [0.2, 0.25) is 35.4 Å². The minimum atomic E-state index is -1.36. The molecule has 0 unspecified atom stereocenters. The number of aromatic hydroxyl groups is 1. The normalized spacial score (nSPS) is 16.6. The van der Waals surface area contributed by atoms with Gasteiger partial charge in [0.25, 0.3) is 0 Å². The van der Waals surface area contributed by atoms with Crippen LogP contribution >= 0.6 is 0 Å². The second-order valence-corrected chi connectivity index (χ2v) is 16.1. The van der Waals surface area contributed by atoms with Crippen LogP contribution in [-0.2, 0) is 46.4 Å². The number of carbonyl (C=O) groups excluding carboxylic acids is 6. The number of nitrogens with one attached hydrogen (secondary N) is 6. The third kappa shape index (κ3) is 14.8.